The number of benzene rings is 2. The Bertz CT molecular complexity index is 945. The zero-order valence-corrected chi connectivity index (χ0v) is 15.1. The lowest BCUT2D eigenvalue weighted by Gasteiger charge is -2.13. The van der Waals surface area contributed by atoms with E-state index in [1.165, 1.54) is 19.3 Å². The van der Waals surface area contributed by atoms with E-state index in [9.17, 15) is 20.2 Å². The molecule has 138 valence electrons. The zero-order valence-electron chi connectivity index (χ0n) is 15.1. The van der Waals surface area contributed by atoms with E-state index >= 15 is 0 Å². The Morgan fingerprint density at radius 3 is 2.59 bits per heavy atom. The third-order valence-corrected chi connectivity index (χ3v) is 3.71. The minimum absolute atomic E-state index is 0.115. The molecule has 0 aliphatic heterocycles. The van der Waals surface area contributed by atoms with Crippen molar-refractivity contribution in [2.45, 2.75) is 0 Å². The number of para-hydroxylation sites is 2. The number of nitriles is 1. The molecule has 0 aromatic heterocycles. The van der Waals surface area contributed by atoms with E-state index in [0.717, 1.165) is 0 Å². The van der Waals surface area contributed by atoms with Crippen LogP contribution in [0.25, 0.3) is 6.08 Å². The maximum absolute atomic E-state index is 12.4. The molecule has 1 N–H and O–H groups in total. The number of nitro benzene ring substituents is 1. The standard InChI is InChI=1S/C19H18N4O4/c1-22(2)16-9-8-13(11-17(16)23(25)26)10-14(12-20)19(24)21-15-6-4-5-7-18(15)27-3/h4-11H,1-3H3,(H,21,24)/b14-10+. The van der Waals surface area contributed by atoms with Crippen molar-refractivity contribution < 1.29 is 14.5 Å². The number of methoxy groups -OCH3 is 1. The number of nitrogens with zero attached hydrogens (tertiary/aromatic N) is 3. The molecule has 0 saturated heterocycles. The molecule has 0 bridgehead atoms. The summed E-state index contributed by atoms with van der Waals surface area (Å²) >= 11 is 0. The number of rotatable bonds is 6. The number of hydrogen-bond acceptors (Lipinski definition) is 6. The second-order valence-electron chi connectivity index (χ2n) is 5.72. The minimum Gasteiger partial charge on any atom is -0.495 e. The molecular weight excluding hydrogens is 348 g/mol. The minimum atomic E-state index is -0.638. The van der Waals surface area contributed by atoms with Gasteiger partial charge in [-0.2, -0.15) is 5.26 Å². The number of carbonyl (C=O) groups is 1. The van der Waals surface area contributed by atoms with E-state index in [-0.39, 0.29) is 11.3 Å². The van der Waals surface area contributed by atoms with Crippen LogP contribution in [0, 0.1) is 21.4 Å². The molecule has 2 rings (SSSR count). The second kappa shape index (κ2) is 8.49. The Balaban J connectivity index is 2.35. The van der Waals surface area contributed by atoms with Gasteiger partial charge in [-0.15, -0.1) is 0 Å². The van der Waals surface area contributed by atoms with E-state index in [4.69, 9.17) is 4.74 Å². The Hall–Kier alpha value is -3.86. The van der Waals surface area contributed by atoms with E-state index in [1.807, 2.05) is 6.07 Å². The smallest absolute Gasteiger partial charge is 0.293 e. The van der Waals surface area contributed by atoms with Gasteiger partial charge in [0.25, 0.3) is 11.6 Å². The molecule has 0 aliphatic rings. The van der Waals surface area contributed by atoms with Gasteiger partial charge in [-0.1, -0.05) is 18.2 Å². The van der Waals surface area contributed by atoms with Gasteiger partial charge in [-0.05, 0) is 29.8 Å². The topological polar surface area (TPSA) is 108 Å². The molecule has 2 aromatic rings. The molecule has 8 heteroatoms. The fraction of sp³-hybridized carbons (Fsp3) is 0.158. The number of nitro groups is 1. The number of anilines is 2. The average Bonchev–Trinajstić information content (AvgIpc) is 2.66. The molecule has 0 saturated carbocycles. The van der Waals surface area contributed by atoms with Gasteiger partial charge in [0.1, 0.15) is 23.1 Å². The van der Waals surface area contributed by atoms with Gasteiger partial charge in [0, 0.05) is 20.2 Å². The highest BCUT2D eigenvalue weighted by Crippen LogP contribution is 2.29. The van der Waals surface area contributed by atoms with Gasteiger partial charge in [-0.3, -0.25) is 14.9 Å². The van der Waals surface area contributed by atoms with Crippen LogP contribution in [-0.4, -0.2) is 32.0 Å². The summed E-state index contributed by atoms with van der Waals surface area (Å²) in [6.07, 6.45) is 1.30. The van der Waals surface area contributed by atoms with Gasteiger partial charge in [0.2, 0.25) is 0 Å². The first kappa shape index (κ1) is 19.5. The summed E-state index contributed by atoms with van der Waals surface area (Å²) in [4.78, 5) is 24.8. The largest absolute Gasteiger partial charge is 0.495 e. The van der Waals surface area contributed by atoms with Crippen LogP contribution in [0.3, 0.4) is 0 Å². The Labute approximate surface area is 156 Å². The van der Waals surface area contributed by atoms with Crippen molar-refractivity contribution in [1.29, 1.82) is 5.26 Å². The third kappa shape index (κ3) is 4.61. The lowest BCUT2D eigenvalue weighted by Crippen LogP contribution is -2.14. The Morgan fingerprint density at radius 1 is 1.30 bits per heavy atom. The molecule has 0 atom stereocenters. The van der Waals surface area contributed by atoms with Crippen molar-refractivity contribution in [3.8, 4) is 11.8 Å². The van der Waals surface area contributed by atoms with Crippen LogP contribution in [-0.2, 0) is 4.79 Å². The van der Waals surface area contributed by atoms with Crippen molar-refractivity contribution in [2.75, 3.05) is 31.4 Å². The lowest BCUT2D eigenvalue weighted by molar-refractivity contribution is -0.384. The van der Waals surface area contributed by atoms with Gasteiger partial charge in [0.15, 0.2) is 0 Å². The number of nitrogens with one attached hydrogen (secondary N) is 1. The first-order valence-electron chi connectivity index (χ1n) is 7.89. The maximum Gasteiger partial charge on any atom is 0.293 e. The highest BCUT2D eigenvalue weighted by atomic mass is 16.6. The van der Waals surface area contributed by atoms with Crippen LogP contribution in [0.2, 0.25) is 0 Å². The number of carbonyl (C=O) groups excluding carboxylic acids is 1. The summed E-state index contributed by atoms with van der Waals surface area (Å²) < 4.78 is 5.16. The third-order valence-electron chi connectivity index (χ3n) is 3.71. The average molecular weight is 366 g/mol. The second-order valence-corrected chi connectivity index (χ2v) is 5.72. The van der Waals surface area contributed by atoms with Crippen molar-refractivity contribution in [3.63, 3.8) is 0 Å². The van der Waals surface area contributed by atoms with Crippen molar-refractivity contribution in [1.82, 2.24) is 0 Å². The van der Waals surface area contributed by atoms with Crippen molar-refractivity contribution in [3.05, 3.63) is 63.7 Å². The molecule has 0 heterocycles. The molecule has 27 heavy (non-hydrogen) atoms. The van der Waals surface area contributed by atoms with Crippen molar-refractivity contribution in [2.24, 2.45) is 0 Å². The number of hydrogen-bond donors (Lipinski definition) is 1. The fourth-order valence-corrected chi connectivity index (χ4v) is 2.41. The van der Waals surface area contributed by atoms with E-state index < -0.39 is 10.8 Å². The molecule has 0 fully saturated rings. The van der Waals surface area contributed by atoms with Gasteiger partial charge in [-0.25, -0.2) is 0 Å². The first-order valence-corrected chi connectivity index (χ1v) is 7.89. The van der Waals surface area contributed by atoms with Crippen LogP contribution in [0.1, 0.15) is 5.56 Å². The molecular formula is C19H18N4O4. The molecule has 2 aromatic carbocycles. The van der Waals surface area contributed by atoms with Crippen LogP contribution in [0.15, 0.2) is 48.0 Å². The molecule has 8 nitrogen and oxygen atoms in total. The quantitative estimate of drug-likeness (QED) is 0.364. The SMILES string of the molecule is COc1ccccc1NC(=O)/C(C#N)=C/c1ccc(N(C)C)c([N+](=O)[O-])c1. The molecule has 0 unspecified atom stereocenters. The normalized spacial score (nSPS) is 10.7. The zero-order chi connectivity index (χ0) is 20.0. The van der Waals surface area contributed by atoms with Crippen molar-refractivity contribution >= 4 is 29.0 Å². The van der Waals surface area contributed by atoms with E-state index in [1.54, 1.807) is 55.4 Å². The highest BCUT2D eigenvalue weighted by molar-refractivity contribution is 6.10. The van der Waals surface area contributed by atoms with E-state index in [2.05, 4.69) is 5.32 Å². The summed E-state index contributed by atoms with van der Waals surface area (Å²) in [6, 6.07) is 13.1. The fourth-order valence-electron chi connectivity index (χ4n) is 2.41. The molecule has 1 amide bonds. The monoisotopic (exact) mass is 366 g/mol. The summed E-state index contributed by atoms with van der Waals surface area (Å²) in [7, 11) is 4.86. The predicted molar refractivity (Wildman–Crippen MR) is 103 cm³/mol. The molecule has 0 aliphatic carbocycles. The number of ether oxygens (including phenoxy) is 1. The summed E-state index contributed by atoms with van der Waals surface area (Å²) in [5, 5.41) is 23.2. The van der Waals surface area contributed by atoms with Crippen LogP contribution < -0.4 is 15.0 Å². The molecule has 0 spiro atoms. The van der Waals surface area contributed by atoms with Crippen LogP contribution in [0.4, 0.5) is 17.1 Å². The van der Waals surface area contributed by atoms with E-state index in [0.29, 0.717) is 22.7 Å². The van der Waals surface area contributed by atoms with Gasteiger partial charge < -0.3 is 15.0 Å². The summed E-state index contributed by atoms with van der Waals surface area (Å²) in [5.74, 6) is -0.185. The summed E-state index contributed by atoms with van der Waals surface area (Å²) in [6.45, 7) is 0. The maximum atomic E-state index is 12.4. The van der Waals surface area contributed by atoms with Gasteiger partial charge >= 0.3 is 0 Å². The lowest BCUT2D eigenvalue weighted by atomic mass is 10.1. The highest BCUT2D eigenvalue weighted by Gasteiger charge is 2.17. The van der Waals surface area contributed by atoms with Crippen LogP contribution >= 0.6 is 0 Å². The Morgan fingerprint density at radius 2 is 2.00 bits per heavy atom. The summed E-state index contributed by atoms with van der Waals surface area (Å²) in [5.41, 5.74) is 0.914. The van der Waals surface area contributed by atoms with Crippen LogP contribution in [0.5, 0.6) is 5.75 Å². The predicted octanol–water partition coefficient (Wildman–Crippen LogP) is 3.22. The molecule has 0 radical (unpaired) electrons. The van der Waals surface area contributed by atoms with Gasteiger partial charge in [0.05, 0.1) is 17.7 Å². The Kier molecular flexibility index (Phi) is 6.12. The first-order chi connectivity index (χ1) is 12.9. The number of amides is 1.